The SMILES string of the molecule is CCC[C@H](C(=O)O)[C@H](Cc1ccc(-c2ccc(-c3nn[nH]n3)cc2)nc1)c1nnn[nH]1. The third-order valence-electron chi connectivity index (χ3n) is 5.18. The quantitative estimate of drug-likeness (QED) is 0.370. The molecule has 11 nitrogen and oxygen atoms in total. The first-order valence-corrected chi connectivity index (χ1v) is 9.91. The maximum Gasteiger partial charge on any atom is 0.307 e. The number of nitrogens with one attached hydrogen (secondary N) is 2. The van der Waals surface area contributed by atoms with Gasteiger partial charge in [-0.2, -0.15) is 5.21 Å². The lowest BCUT2D eigenvalue weighted by Gasteiger charge is -2.21. The number of rotatable bonds is 9. The maximum absolute atomic E-state index is 11.9. The Bertz CT molecular complexity index is 1090. The smallest absolute Gasteiger partial charge is 0.307 e. The zero-order chi connectivity index (χ0) is 21.6. The lowest BCUT2D eigenvalue weighted by Crippen LogP contribution is -2.25. The molecule has 0 amide bonds. The molecule has 0 spiro atoms. The summed E-state index contributed by atoms with van der Waals surface area (Å²) in [5.41, 5.74) is 3.53. The molecule has 0 aliphatic heterocycles. The summed E-state index contributed by atoms with van der Waals surface area (Å²) in [7, 11) is 0. The van der Waals surface area contributed by atoms with Crippen LogP contribution in [-0.2, 0) is 11.2 Å². The van der Waals surface area contributed by atoms with Crippen LogP contribution in [0.1, 0.15) is 37.1 Å². The van der Waals surface area contributed by atoms with Crippen molar-refractivity contribution in [3.63, 3.8) is 0 Å². The molecule has 0 aliphatic rings. The molecule has 0 radical (unpaired) electrons. The molecule has 0 unspecified atom stereocenters. The van der Waals surface area contributed by atoms with Crippen LogP contribution in [0.3, 0.4) is 0 Å². The third-order valence-corrected chi connectivity index (χ3v) is 5.18. The first-order chi connectivity index (χ1) is 15.2. The number of hydrogen-bond acceptors (Lipinski definition) is 8. The molecule has 0 bridgehead atoms. The molecule has 0 fully saturated rings. The van der Waals surface area contributed by atoms with Crippen molar-refractivity contribution in [3.8, 4) is 22.6 Å². The number of nitrogens with zero attached hydrogens (tertiary/aromatic N) is 7. The highest BCUT2D eigenvalue weighted by molar-refractivity contribution is 5.71. The predicted octanol–water partition coefficient (Wildman–Crippen LogP) is 2.27. The third kappa shape index (κ3) is 4.60. The fraction of sp³-hybridized carbons (Fsp3) is 0.300. The van der Waals surface area contributed by atoms with E-state index in [2.05, 4.69) is 46.2 Å². The average Bonchev–Trinajstić information content (AvgIpc) is 3.51. The summed E-state index contributed by atoms with van der Waals surface area (Å²) in [6.45, 7) is 1.96. The molecule has 0 saturated carbocycles. The van der Waals surface area contributed by atoms with Crippen LogP contribution < -0.4 is 0 Å². The summed E-state index contributed by atoms with van der Waals surface area (Å²) in [5.74, 6) is -0.800. The minimum Gasteiger partial charge on any atom is -0.481 e. The second-order valence-electron chi connectivity index (χ2n) is 7.19. The number of pyridine rings is 1. The number of tetrazole rings is 2. The van der Waals surface area contributed by atoms with Gasteiger partial charge in [-0.15, -0.1) is 15.3 Å². The van der Waals surface area contributed by atoms with Crippen LogP contribution in [0.25, 0.3) is 22.6 Å². The Hall–Kier alpha value is -4.02. The van der Waals surface area contributed by atoms with Crippen molar-refractivity contribution in [1.82, 2.24) is 46.2 Å². The molecule has 3 N–H and O–H groups in total. The van der Waals surface area contributed by atoms with E-state index < -0.39 is 11.9 Å². The lowest BCUT2D eigenvalue weighted by molar-refractivity contribution is -0.142. The van der Waals surface area contributed by atoms with Gasteiger partial charge >= 0.3 is 5.97 Å². The maximum atomic E-state index is 11.9. The molecule has 3 heterocycles. The standard InChI is InChI=1S/C20H21N9O2/c1-2-3-15(20(30)31)16(19-24-28-29-25-19)10-12-4-9-17(21-11-12)13-5-7-14(8-6-13)18-22-26-27-23-18/h4-9,11,15-16H,2-3,10H2,1H3,(H,30,31)(H,22,23,26,27)(H,24,25,28,29)/t15-,16-/m0/s1. The summed E-state index contributed by atoms with van der Waals surface area (Å²) >= 11 is 0. The fourth-order valence-corrected chi connectivity index (χ4v) is 3.60. The Kier molecular flexibility index (Phi) is 6.01. The number of aromatic amines is 2. The highest BCUT2D eigenvalue weighted by atomic mass is 16.4. The van der Waals surface area contributed by atoms with E-state index >= 15 is 0 Å². The Morgan fingerprint density at radius 3 is 2.45 bits per heavy atom. The average molecular weight is 419 g/mol. The van der Waals surface area contributed by atoms with E-state index in [0.29, 0.717) is 24.5 Å². The molecule has 2 atom stereocenters. The Labute approximate surface area is 177 Å². The summed E-state index contributed by atoms with van der Waals surface area (Å²) in [6, 6.07) is 11.6. The molecule has 11 heteroatoms. The molecule has 158 valence electrons. The molecular formula is C20H21N9O2. The number of benzene rings is 1. The number of carbonyl (C=O) groups is 1. The molecule has 3 aromatic heterocycles. The van der Waals surface area contributed by atoms with Gasteiger partial charge in [0.2, 0.25) is 5.82 Å². The van der Waals surface area contributed by atoms with Gasteiger partial charge < -0.3 is 5.11 Å². The van der Waals surface area contributed by atoms with Gasteiger partial charge in [0.25, 0.3) is 0 Å². The summed E-state index contributed by atoms with van der Waals surface area (Å²) in [4.78, 5) is 16.4. The fourth-order valence-electron chi connectivity index (χ4n) is 3.60. The van der Waals surface area contributed by atoms with Crippen molar-refractivity contribution in [3.05, 3.63) is 54.0 Å². The molecule has 0 saturated heterocycles. The van der Waals surface area contributed by atoms with Gasteiger partial charge in [-0.1, -0.05) is 43.7 Å². The zero-order valence-electron chi connectivity index (χ0n) is 16.8. The molecule has 4 rings (SSSR count). The number of carboxylic acid groups (broad SMARTS) is 1. The van der Waals surface area contributed by atoms with E-state index in [1.165, 1.54) is 0 Å². The van der Waals surface area contributed by atoms with Crippen molar-refractivity contribution < 1.29 is 9.90 Å². The van der Waals surface area contributed by atoms with Crippen LogP contribution in [0.2, 0.25) is 0 Å². The van der Waals surface area contributed by atoms with E-state index in [9.17, 15) is 9.90 Å². The monoisotopic (exact) mass is 419 g/mol. The highest BCUT2D eigenvalue weighted by Gasteiger charge is 2.31. The predicted molar refractivity (Wildman–Crippen MR) is 110 cm³/mol. The second-order valence-corrected chi connectivity index (χ2v) is 7.19. The first kappa shape index (κ1) is 20.3. The van der Waals surface area contributed by atoms with E-state index in [0.717, 1.165) is 28.8 Å². The Morgan fingerprint density at radius 2 is 1.87 bits per heavy atom. The minimum absolute atomic E-state index is 0.366. The summed E-state index contributed by atoms with van der Waals surface area (Å²) in [5, 5.41) is 37.6. The van der Waals surface area contributed by atoms with Crippen molar-refractivity contribution in [2.24, 2.45) is 5.92 Å². The Balaban J connectivity index is 1.53. The number of carboxylic acids is 1. The van der Waals surface area contributed by atoms with Crippen molar-refractivity contribution >= 4 is 5.97 Å². The normalized spacial score (nSPS) is 13.1. The van der Waals surface area contributed by atoms with Gasteiger partial charge in [0, 0.05) is 23.2 Å². The van der Waals surface area contributed by atoms with Crippen molar-refractivity contribution in [1.29, 1.82) is 0 Å². The Morgan fingerprint density at radius 1 is 1.06 bits per heavy atom. The van der Waals surface area contributed by atoms with Gasteiger partial charge in [-0.25, -0.2) is 5.10 Å². The first-order valence-electron chi connectivity index (χ1n) is 9.91. The molecule has 4 aromatic rings. The van der Waals surface area contributed by atoms with Crippen LogP contribution in [-0.4, -0.2) is 57.3 Å². The van der Waals surface area contributed by atoms with Crippen LogP contribution in [0.15, 0.2) is 42.6 Å². The van der Waals surface area contributed by atoms with Gasteiger partial charge in [0.15, 0.2) is 5.82 Å². The molecule has 31 heavy (non-hydrogen) atoms. The van der Waals surface area contributed by atoms with Gasteiger partial charge in [-0.3, -0.25) is 9.78 Å². The number of hydrogen-bond donors (Lipinski definition) is 3. The van der Waals surface area contributed by atoms with E-state index in [-0.39, 0.29) is 5.92 Å². The lowest BCUT2D eigenvalue weighted by atomic mass is 9.83. The molecule has 0 aliphatic carbocycles. The number of H-pyrrole nitrogens is 2. The van der Waals surface area contributed by atoms with Crippen LogP contribution >= 0.6 is 0 Å². The zero-order valence-corrected chi connectivity index (χ0v) is 16.8. The van der Waals surface area contributed by atoms with Crippen LogP contribution in [0.4, 0.5) is 0 Å². The largest absolute Gasteiger partial charge is 0.481 e. The summed E-state index contributed by atoms with van der Waals surface area (Å²) in [6.07, 6.45) is 3.53. The summed E-state index contributed by atoms with van der Waals surface area (Å²) < 4.78 is 0. The van der Waals surface area contributed by atoms with Crippen LogP contribution in [0, 0.1) is 5.92 Å². The number of aromatic nitrogens is 9. The van der Waals surface area contributed by atoms with Gasteiger partial charge in [-0.05, 0) is 40.1 Å². The molecule has 1 aromatic carbocycles. The van der Waals surface area contributed by atoms with E-state index in [1.54, 1.807) is 6.20 Å². The van der Waals surface area contributed by atoms with Crippen LogP contribution in [0.5, 0.6) is 0 Å². The second kappa shape index (κ2) is 9.20. The van der Waals surface area contributed by atoms with E-state index in [1.807, 2.05) is 43.3 Å². The number of aliphatic carboxylic acids is 1. The topological polar surface area (TPSA) is 159 Å². The highest BCUT2D eigenvalue weighted by Crippen LogP contribution is 2.30. The van der Waals surface area contributed by atoms with Gasteiger partial charge in [0.1, 0.15) is 0 Å². The van der Waals surface area contributed by atoms with E-state index in [4.69, 9.17) is 0 Å². The molecular weight excluding hydrogens is 398 g/mol. The van der Waals surface area contributed by atoms with Crippen molar-refractivity contribution in [2.45, 2.75) is 32.1 Å². The minimum atomic E-state index is -0.852. The van der Waals surface area contributed by atoms with Gasteiger partial charge in [0.05, 0.1) is 11.6 Å². The van der Waals surface area contributed by atoms with Crippen molar-refractivity contribution in [2.75, 3.05) is 0 Å².